The average molecular weight is 320 g/mol. The molecule has 2 aliphatic carbocycles. The maximum atomic E-state index is 13.1. The number of hydrogen-bond acceptors (Lipinski definition) is 2. The SMILES string of the molecule is CC1(CO)CCCC1NC(=O)NC(c1ccc(F)cc1)C1CC1. The normalized spacial score (nSPS) is 28.4. The standard InChI is InChI=1S/C18H25FN2O2/c1-18(11-22)10-2-3-15(18)20-17(23)21-16(12-4-5-12)13-6-8-14(19)9-7-13/h6-9,12,15-16,22H,2-5,10-11H2,1H3,(H2,20,21,23). The molecule has 1 aromatic carbocycles. The highest BCUT2D eigenvalue weighted by atomic mass is 19.1. The number of rotatable bonds is 5. The number of aliphatic hydroxyl groups is 1. The molecule has 2 amide bonds. The van der Waals surface area contributed by atoms with Crippen molar-refractivity contribution in [3.8, 4) is 0 Å². The minimum Gasteiger partial charge on any atom is -0.396 e. The molecule has 3 atom stereocenters. The van der Waals surface area contributed by atoms with E-state index >= 15 is 0 Å². The monoisotopic (exact) mass is 320 g/mol. The van der Waals surface area contributed by atoms with Gasteiger partial charge in [-0.15, -0.1) is 0 Å². The van der Waals surface area contributed by atoms with Crippen LogP contribution in [0.4, 0.5) is 9.18 Å². The molecule has 1 aromatic rings. The van der Waals surface area contributed by atoms with Gasteiger partial charge in [-0.25, -0.2) is 9.18 Å². The topological polar surface area (TPSA) is 61.4 Å². The Balaban J connectivity index is 1.64. The quantitative estimate of drug-likeness (QED) is 0.780. The van der Waals surface area contributed by atoms with Crippen molar-refractivity contribution < 1.29 is 14.3 Å². The average Bonchev–Trinajstić information content (AvgIpc) is 3.31. The van der Waals surface area contributed by atoms with Crippen molar-refractivity contribution in [2.24, 2.45) is 11.3 Å². The number of urea groups is 1. The van der Waals surface area contributed by atoms with Crippen LogP contribution >= 0.6 is 0 Å². The summed E-state index contributed by atoms with van der Waals surface area (Å²) in [5.41, 5.74) is 0.711. The number of halogens is 1. The second-order valence-electron chi connectivity index (χ2n) is 7.24. The van der Waals surface area contributed by atoms with Crippen molar-refractivity contribution in [1.29, 1.82) is 0 Å². The number of aliphatic hydroxyl groups excluding tert-OH is 1. The van der Waals surface area contributed by atoms with Crippen LogP contribution in [0.3, 0.4) is 0 Å². The van der Waals surface area contributed by atoms with Crippen molar-refractivity contribution >= 4 is 6.03 Å². The predicted octanol–water partition coefficient (Wildman–Crippen LogP) is 3.13. The lowest BCUT2D eigenvalue weighted by Crippen LogP contribution is -2.49. The fourth-order valence-corrected chi connectivity index (χ4v) is 3.58. The molecule has 0 spiro atoms. The Bertz CT molecular complexity index is 559. The van der Waals surface area contributed by atoms with E-state index < -0.39 is 0 Å². The van der Waals surface area contributed by atoms with Crippen molar-refractivity contribution in [1.82, 2.24) is 10.6 Å². The Labute approximate surface area is 136 Å². The van der Waals surface area contributed by atoms with E-state index in [2.05, 4.69) is 10.6 Å². The molecule has 3 rings (SSSR count). The predicted molar refractivity (Wildman–Crippen MR) is 86.4 cm³/mol. The van der Waals surface area contributed by atoms with Gasteiger partial charge in [0.15, 0.2) is 0 Å². The van der Waals surface area contributed by atoms with E-state index in [9.17, 15) is 14.3 Å². The summed E-state index contributed by atoms with van der Waals surface area (Å²) in [5.74, 6) is 0.163. The van der Waals surface area contributed by atoms with Crippen LogP contribution in [0.1, 0.15) is 50.6 Å². The van der Waals surface area contributed by atoms with Crippen molar-refractivity contribution in [2.45, 2.75) is 51.1 Å². The molecule has 126 valence electrons. The first-order valence-corrected chi connectivity index (χ1v) is 8.45. The molecular formula is C18H25FN2O2. The first-order chi connectivity index (χ1) is 11.0. The van der Waals surface area contributed by atoms with Gasteiger partial charge in [0, 0.05) is 11.5 Å². The van der Waals surface area contributed by atoms with Gasteiger partial charge in [-0.1, -0.05) is 25.5 Å². The molecule has 2 aliphatic rings. The van der Waals surface area contributed by atoms with Crippen molar-refractivity contribution in [2.75, 3.05) is 6.61 Å². The molecule has 0 saturated heterocycles. The molecule has 5 heteroatoms. The highest BCUT2D eigenvalue weighted by Crippen LogP contribution is 2.41. The molecular weight excluding hydrogens is 295 g/mol. The van der Waals surface area contributed by atoms with Gasteiger partial charge in [0.05, 0.1) is 12.6 Å². The van der Waals surface area contributed by atoms with E-state index in [-0.39, 0.29) is 36.0 Å². The minimum atomic E-state index is -0.266. The van der Waals surface area contributed by atoms with Crippen LogP contribution in [0.2, 0.25) is 0 Å². The molecule has 3 unspecified atom stereocenters. The lowest BCUT2D eigenvalue weighted by molar-refractivity contribution is 0.120. The van der Waals surface area contributed by atoms with E-state index in [0.29, 0.717) is 5.92 Å². The Morgan fingerprint density at radius 3 is 2.65 bits per heavy atom. The number of benzene rings is 1. The third-order valence-corrected chi connectivity index (χ3v) is 5.36. The first-order valence-electron chi connectivity index (χ1n) is 8.45. The van der Waals surface area contributed by atoms with Crippen molar-refractivity contribution in [3.05, 3.63) is 35.6 Å². The zero-order valence-electron chi connectivity index (χ0n) is 13.5. The molecule has 0 radical (unpaired) electrons. The lowest BCUT2D eigenvalue weighted by atomic mass is 9.86. The maximum Gasteiger partial charge on any atom is 0.315 e. The van der Waals surface area contributed by atoms with Gasteiger partial charge in [0.25, 0.3) is 0 Å². The Morgan fingerprint density at radius 1 is 1.35 bits per heavy atom. The van der Waals surface area contributed by atoms with Crippen LogP contribution in [0.25, 0.3) is 0 Å². The van der Waals surface area contributed by atoms with Crippen LogP contribution in [-0.4, -0.2) is 23.8 Å². The Hall–Kier alpha value is -1.62. The van der Waals surface area contributed by atoms with Gasteiger partial charge >= 0.3 is 6.03 Å². The molecule has 0 bridgehead atoms. The lowest BCUT2D eigenvalue weighted by Gasteiger charge is -2.31. The zero-order valence-corrected chi connectivity index (χ0v) is 13.5. The van der Waals surface area contributed by atoms with Crippen LogP contribution < -0.4 is 10.6 Å². The fraction of sp³-hybridized carbons (Fsp3) is 0.611. The van der Waals surface area contributed by atoms with Gasteiger partial charge < -0.3 is 15.7 Å². The van der Waals surface area contributed by atoms with Gasteiger partial charge in [-0.3, -0.25) is 0 Å². The largest absolute Gasteiger partial charge is 0.396 e. The third-order valence-electron chi connectivity index (χ3n) is 5.36. The van der Waals surface area contributed by atoms with Crippen LogP contribution in [0, 0.1) is 17.2 Å². The van der Waals surface area contributed by atoms with Gasteiger partial charge in [0.1, 0.15) is 5.82 Å². The molecule has 0 aromatic heterocycles. The summed E-state index contributed by atoms with van der Waals surface area (Å²) in [6.07, 6.45) is 5.01. The van der Waals surface area contributed by atoms with E-state index in [4.69, 9.17) is 0 Å². The van der Waals surface area contributed by atoms with Gasteiger partial charge in [0.2, 0.25) is 0 Å². The summed E-state index contributed by atoms with van der Waals surface area (Å²) in [4.78, 5) is 12.4. The van der Waals surface area contributed by atoms with E-state index in [1.54, 1.807) is 12.1 Å². The summed E-state index contributed by atoms with van der Waals surface area (Å²) in [7, 11) is 0. The second kappa shape index (κ2) is 6.48. The van der Waals surface area contributed by atoms with Gasteiger partial charge in [-0.05, 0) is 49.3 Å². The van der Waals surface area contributed by atoms with Crippen LogP contribution in [0.5, 0.6) is 0 Å². The molecule has 4 nitrogen and oxygen atoms in total. The summed E-state index contributed by atoms with van der Waals surface area (Å²) in [6, 6.07) is 6.09. The molecule has 2 fully saturated rings. The highest BCUT2D eigenvalue weighted by Gasteiger charge is 2.40. The number of carbonyl (C=O) groups excluding carboxylic acids is 1. The summed E-state index contributed by atoms with van der Waals surface area (Å²) in [5, 5.41) is 15.7. The van der Waals surface area contributed by atoms with Crippen LogP contribution in [-0.2, 0) is 0 Å². The number of hydrogen-bond donors (Lipinski definition) is 3. The minimum absolute atomic E-state index is 0.000529. The molecule has 23 heavy (non-hydrogen) atoms. The molecule has 0 aliphatic heterocycles. The summed E-state index contributed by atoms with van der Waals surface area (Å²) < 4.78 is 13.1. The van der Waals surface area contributed by atoms with Crippen molar-refractivity contribution in [3.63, 3.8) is 0 Å². The second-order valence-corrected chi connectivity index (χ2v) is 7.24. The molecule has 2 saturated carbocycles. The third kappa shape index (κ3) is 3.66. The number of nitrogens with one attached hydrogen (secondary N) is 2. The number of amides is 2. The molecule has 0 heterocycles. The van der Waals surface area contributed by atoms with Gasteiger partial charge in [-0.2, -0.15) is 0 Å². The fourth-order valence-electron chi connectivity index (χ4n) is 3.58. The first kappa shape index (κ1) is 16.2. The highest BCUT2D eigenvalue weighted by molar-refractivity contribution is 5.75. The zero-order chi connectivity index (χ0) is 16.4. The maximum absolute atomic E-state index is 13.1. The Morgan fingerprint density at radius 2 is 2.04 bits per heavy atom. The number of carbonyl (C=O) groups is 1. The van der Waals surface area contributed by atoms with E-state index in [1.807, 2.05) is 6.92 Å². The summed E-state index contributed by atoms with van der Waals surface area (Å²) >= 11 is 0. The van der Waals surface area contributed by atoms with E-state index in [0.717, 1.165) is 37.7 Å². The van der Waals surface area contributed by atoms with E-state index in [1.165, 1.54) is 12.1 Å². The van der Waals surface area contributed by atoms with Crippen LogP contribution in [0.15, 0.2) is 24.3 Å². The Kier molecular flexibility index (Phi) is 4.57. The molecule has 3 N–H and O–H groups in total. The smallest absolute Gasteiger partial charge is 0.315 e. The summed E-state index contributed by atoms with van der Waals surface area (Å²) in [6.45, 7) is 2.10.